The van der Waals surface area contributed by atoms with Crippen LogP contribution in [0.15, 0.2) is 158 Å². The van der Waals surface area contributed by atoms with Crippen LogP contribution in [0.5, 0.6) is 5.75 Å². The van der Waals surface area contributed by atoms with Crippen LogP contribution in [-0.4, -0.2) is 19.6 Å². The highest BCUT2D eigenvalue weighted by atomic mass is 16.3. The number of hydrogen-bond acceptors (Lipinski definition) is 3. The van der Waals surface area contributed by atoms with Gasteiger partial charge in [-0.25, -0.2) is 4.98 Å². The van der Waals surface area contributed by atoms with Crippen molar-refractivity contribution in [1.29, 1.82) is 0 Å². The van der Waals surface area contributed by atoms with Gasteiger partial charge in [0, 0.05) is 36.5 Å². The number of benzene rings is 7. The molecule has 9 rings (SSSR count). The Morgan fingerprint density at radius 1 is 0.544 bits per heavy atom. The molecule has 0 fully saturated rings. The van der Waals surface area contributed by atoms with E-state index in [9.17, 15) is 5.11 Å². The number of phenols is 1. The summed E-state index contributed by atoms with van der Waals surface area (Å²) in [6, 6.07) is 45.4. The molecule has 0 saturated carbocycles. The molecule has 9 aromatic rings. The number of aromatic hydroxyl groups is 1. The van der Waals surface area contributed by atoms with Crippen LogP contribution in [0.2, 0.25) is 0 Å². The number of aromatic nitrogens is 3. The predicted molar refractivity (Wildman–Crippen MR) is 288 cm³/mol. The number of aryl methyl sites for hydroxylation is 2. The van der Waals surface area contributed by atoms with Gasteiger partial charge in [0.1, 0.15) is 11.6 Å². The number of phenolic OH excluding ortho intramolecular Hbond substituents is 1. The van der Waals surface area contributed by atoms with E-state index in [1.165, 1.54) is 24.3 Å². The molecule has 4 heteroatoms. The minimum Gasteiger partial charge on any atom is -0.507 e. The standard InChI is InChI=1S/C64H65N3O/c1-39(2)47-31-48(40(3)4)33-50(32-47)45-23-26-58(41(5)29-45)67-59-20-16-19-55(60(59)66-62(67)56-38-54(64(10,11)12)30-42(6)61(56)68)51-34-49(43-17-14-13-15-18-43)35-52(36-51)57-37-46(27-28-65-57)44-21-24-53(25-22-44)63(7,8)9/h13-40,68H,1-12H3/i5D3,7D3,8D3,9D3,39D,40D. The van der Waals surface area contributed by atoms with Crippen molar-refractivity contribution in [3.63, 3.8) is 0 Å². The van der Waals surface area contributed by atoms with Gasteiger partial charge in [-0.05, 0) is 163 Å². The topological polar surface area (TPSA) is 50.9 Å². The van der Waals surface area contributed by atoms with Gasteiger partial charge in [-0.15, -0.1) is 0 Å². The summed E-state index contributed by atoms with van der Waals surface area (Å²) in [4.78, 5) is 10.2. The predicted octanol–water partition coefficient (Wildman–Crippen LogP) is 17.6. The molecule has 0 unspecified atom stereocenters. The van der Waals surface area contributed by atoms with Crippen LogP contribution in [0, 0.1) is 13.8 Å². The van der Waals surface area contributed by atoms with E-state index >= 15 is 0 Å². The molecule has 7 aromatic carbocycles. The Kier molecular flexibility index (Phi) is 8.37. The van der Waals surface area contributed by atoms with Crippen molar-refractivity contribution in [3.8, 4) is 78.6 Å². The maximum atomic E-state index is 12.1. The second-order valence-electron chi connectivity index (χ2n) is 19.3. The molecule has 0 amide bonds. The minimum atomic E-state index is -3.41. The molecular formula is C64H65N3O. The number of pyridine rings is 1. The molecule has 1 N–H and O–H groups in total. The molecule has 342 valence electrons. The molecule has 68 heavy (non-hydrogen) atoms. The molecule has 0 aliphatic carbocycles. The first-order chi connectivity index (χ1) is 37.9. The Hall–Kier alpha value is -7.04. The van der Waals surface area contributed by atoms with Gasteiger partial charge < -0.3 is 5.11 Å². The molecule has 2 aromatic heterocycles. The molecule has 0 atom stereocenters. The van der Waals surface area contributed by atoms with Crippen molar-refractivity contribution in [2.75, 3.05) is 0 Å². The zero-order valence-electron chi connectivity index (χ0n) is 53.8. The van der Waals surface area contributed by atoms with Gasteiger partial charge in [-0.3, -0.25) is 9.55 Å². The van der Waals surface area contributed by atoms with E-state index in [0.29, 0.717) is 83.9 Å². The van der Waals surface area contributed by atoms with Crippen LogP contribution < -0.4 is 0 Å². The van der Waals surface area contributed by atoms with E-state index in [2.05, 4.69) is 20.8 Å². The lowest BCUT2D eigenvalue weighted by Crippen LogP contribution is -2.12. The Morgan fingerprint density at radius 3 is 1.87 bits per heavy atom. The van der Waals surface area contributed by atoms with Crippen LogP contribution in [-0.2, 0) is 10.8 Å². The molecule has 4 nitrogen and oxygen atoms in total. The maximum Gasteiger partial charge on any atom is 0.149 e. The summed E-state index contributed by atoms with van der Waals surface area (Å²) >= 11 is 0. The molecule has 0 radical (unpaired) electrons. The highest BCUT2D eigenvalue weighted by Gasteiger charge is 2.25. The molecule has 0 aliphatic rings. The normalized spacial score (nSPS) is 16.2. The van der Waals surface area contributed by atoms with Crippen LogP contribution in [0.25, 0.3) is 83.9 Å². The number of fused-ring (bicyclic) bond motifs is 1. The monoisotopic (exact) mass is 906 g/mol. The average Bonchev–Trinajstić information content (AvgIpc) is 1.56. The summed E-state index contributed by atoms with van der Waals surface area (Å²) in [5.41, 5.74) is 7.62. The molecule has 0 bridgehead atoms. The fourth-order valence-electron chi connectivity index (χ4n) is 8.83. The van der Waals surface area contributed by atoms with E-state index in [1.54, 1.807) is 52.1 Å². The summed E-state index contributed by atoms with van der Waals surface area (Å²) in [6.07, 6.45) is 1.62. The second-order valence-corrected chi connectivity index (χ2v) is 19.3. The van der Waals surface area contributed by atoms with Gasteiger partial charge >= 0.3 is 0 Å². The smallest absolute Gasteiger partial charge is 0.149 e. The number of imidazole rings is 1. The molecule has 0 saturated heterocycles. The van der Waals surface area contributed by atoms with Crippen LogP contribution in [0.1, 0.15) is 133 Å². The number of rotatable bonds is 9. The summed E-state index contributed by atoms with van der Waals surface area (Å²) in [7, 11) is 0. The third-order valence-corrected chi connectivity index (χ3v) is 12.8. The molecular weight excluding hydrogens is 827 g/mol. The largest absolute Gasteiger partial charge is 0.507 e. The highest BCUT2D eigenvalue weighted by Crippen LogP contribution is 2.43. The lowest BCUT2D eigenvalue weighted by Gasteiger charge is -2.22. The van der Waals surface area contributed by atoms with Crippen molar-refractivity contribution < 1.29 is 24.3 Å². The van der Waals surface area contributed by atoms with Gasteiger partial charge in [0.05, 0.1) is 28.0 Å². The fourth-order valence-corrected chi connectivity index (χ4v) is 8.83. The van der Waals surface area contributed by atoms with Crippen molar-refractivity contribution in [2.24, 2.45) is 0 Å². The fraction of sp³-hybridized carbons (Fsp3) is 0.250. The van der Waals surface area contributed by atoms with Crippen molar-refractivity contribution >= 4 is 11.0 Å². The van der Waals surface area contributed by atoms with E-state index in [0.717, 1.165) is 22.3 Å². The number of hydrogen-bond donors (Lipinski definition) is 1. The van der Waals surface area contributed by atoms with Gasteiger partial charge in [0.25, 0.3) is 0 Å². The van der Waals surface area contributed by atoms with Crippen LogP contribution in [0.4, 0.5) is 0 Å². The maximum absolute atomic E-state index is 12.1. The Morgan fingerprint density at radius 2 is 1.19 bits per heavy atom. The SMILES string of the molecule is [2H]C([2H])([2H])c1cc(-c2cc(C([2H])(C)C)cc(C([2H])(C)C)c2)ccc1-n1c(-c2cc(C(C)(C)C)cc(C)c2O)nc2c(-c3cc(-c4ccccc4)cc(-c4cc(-c5ccc(C(C([2H])([2H])[2H])(C([2H])([2H])[2H])C([2H])([2H])[2H])cc5)ccn4)c3)cccc21. The third kappa shape index (κ3) is 9.05. The van der Waals surface area contributed by atoms with Gasteiger partial charge in [-0.1, -0.05) is 166 Å². The summed E-state index contributed by atoms with van der Waals surface area (Å²) < 4.78 is 121. The van der Waals surface area contributed by atoms with E-state index in [4.69, 9.17) is 29.2 Å². The van der Waals surface area contributed by atoms with Crippen molar-refractivity contribution in [2.45, 2.75) is 105 Å². The molecule has 2 heterocycles. The highest BCUT2D eigenvalue weighted by molar-refractivity contribution is 5.98. The van der Waals surface area contributed by atoms with Crippen molar-refractivity contribution in [3.05, 3.63) is 191 Å². The zero-order valence-corrected chi connectivity index (χ0v) is 39.8. The second kappa shape index (κ2) is 17.9. The van der Waals surface area contributed by atoms with Gasteiger partial charge in [-0.2, -0.15) is 0 Å². The Bertz CT molecular complexity index is 3820. The average molecular weight is 906 g/mol. The van der Waals surface area contributed by atoms with Crippen LogP contribution >= 0.6 is 0 Å². The number of nitrogens with zero attached hydrogens (tertiary/aromatic N) is 3. The summed E-state index contributed by atoms with van der Waals surface area (Å²) in [6.45, 7) is 2.27. The molecule has 0 aliphatic heterocycles. The van der Waals surface area contributed by atoms with E-state index < -0.39 is 44.6 Å². The Labute approximate surface area is 424 Å². The Balaban J connectivity index is 1.28. The van der Waals surface area contributed by atoms with Crippen molar-refractivity contribution in [1.82, 2.24) is 14.5 Å². The number of para-hydroxylation sites is 1. The van der Waals surface area contributed by atoms with E-state index in [1.807, 2.05) is 121 Å². The molecule has 0 spiro atoms. The third-order valence-electron chi connectivity index (χ3n) is 12.8. The first-order valence-electron chi connectivity index (χ1n) is 29.9. The van der Waals surface area contributed by atoms with Gasteiger partial charge in [0.15, 0.2) is 0 Å². The summed E-state index contributed by atoms with van der Waals surface area (Å²) in [5, 5.41) is 12.1. The first-order valence-corrected chi connectivity index (χ1v) is 22.9. The lowest BCUT2D eigenvalue weighted by atomic mass is 9.84. The summed E-state index contributed by atoms with van der Waals surface area (Å²) in [5.74, 6) is -1.74. The quantitative estimate of drug-likeness (QED) is 0.157. The first kappa shape index (κ1) is 31.8. The van der Waals surface area contributed by atoms with Gasteiger partial charge in [0.2, 0.25) is 0 Å². The van der Waals surface area contributed by atoms with Crippen LogP contribution in [0.3, 0.4) is 0 Å². The minimum absolute atomic E-state index is 0.0152. The zero-order chi connectivity index (χ0) is 60.1. The van der Waals surface area contributed by atoms with E-state index in [-0.39, 0.29) is 22.3 Å². The lowest BCUT2D eigenvalue weighted by molar-refractivity contribution is 0.471.